The average molecular weight is 409 g/mol. The van der Waals surface area contributed by atoms with Gasteiger partial charge in [-0.15, -0.1) is 5.10 Å². The Bertz CT molecular complexity index is 784. The summed E-state index contributed by atoms with van der Waals surface area (Å²) in [4.78, 5) is 35.4. The summed E-state index contributed by atoms with van der Waals surface area (Å²) in [5, 5.41) is 7.86. The fourth-order valence-corrected chi connectivity index (χ4v) is 2.26. The molecular formula is C18H23N3O8. The molecule has 0 saturated carbocycles. The SMILES string of the molecule is COCCOCCOCCn1cc(C2=CC(=O)C(COC(=O)OC)=CC2=O)nn1. The number of ketones is 2. The molecule has 0 atom stereocenters. The number of methoxy groups -OCH3 is 2. The average Bonchev–Trinajstić information content (AvgIpc) is 3.18. The van der Waals surface area contributed by atoms with Gasteiger partial charge in [-0.2, -0.15) is 0 Å². The molecule has 1 aliphatic carbocycles. The maximum absolute atomic E-state index is 12.3. The van der Waals surface area contributed by atoms with E-state index in [9.17, 15) is 14.4 Å². The molecule has 0 saturated heterocycles. The largest absolute Gasteiger partial charge is 0.508 e. The van der Waals surface area contributed by atoms with Crippen LogP contribution in [0.25, 0.3) is 5.57 Å². The van der Waals surface area contributed by atoms with Gasteiger partial charge in [-0.25, -0.2) is 9.48 Å². The van der Waals surface area contributed by atoms with E-state index in [0.29, 0.717) is 39.6 Å². The van der Waals surface area contributed by atoms with Crippen molar-refractivity contribution in [3.05, 3.63) is 29.6 Å². The van der Waals surface area contributed by atoms with Crippen molar-refractivity contribution >= 4 is 23.3 Å². The molecule has 158 valence electrons. The Kier molecular flexibility index (Phi) is 9.15. The van der Waals surface area contributed by atoms with Crippen molar-refractivity contribution in [2.45, 2.75) is 6.54 Å². The third kappa shape index (κ3) is 7.22. The minimum absolute atomic E-state index is 0.0534. The van der Waals surface area contributed by atoms with E-state index in [2.05, 4.69) is 15.0 Å². The molecule has 11 heteroatoms. The molecule has 0 N–H and O–H groups in total. The first-order valence-corrected chi connectivity index (χ1v) is 8.81. The molecule has 0 aliphatic heterocycles. The lowest BCUT2D eigenvalue weighted by Gasteiger charge is -2.10. The van der Waals surface area contributed by atoms with E-state index in [0.717, 1.165) is 19.3 Å². The second kappa shape index (κ2) is 11.8. The van der Waals surface area contributed by atoms with Gasteiger partial charge >= 0.3 is 6.16 Å². The minimum Gasteiger partial charge on any atom is -0.438 e. The van der Waals surface area contributed by atoms with Crippen LogP contribution in [-0.4, -0.2) is 86.6 Å². The number of carbonyl (C=O) groups excluding carboxylic acids is 3. The smallest absolute Gasteiger partial charge is 0.438 e. The van der Waals surface area contributed by atoms with Crippen LogP contribution in [0.3, 0.4) is 0 Å². The lowest BCUT2D eigenvalue weighted by atomic mass is 9.96. The highest BCUT2D eigenvalue weighted by Crippen LogP contribution is 2.20. The molecule has 2 rings (SSSR count). The Balaban J connectivity index is 1.80. The molecule has 0 bridgehead atoms. The first-order chi connectivity index (χ1) is 14.0. The number of nitrogens with zero attached hydrogens (tertiary/aromatic N) is 3. The molecule has 0 amide bonds. The van der Waals surface area contributed by atoms with Gasteiger partial charge in [-0.05, 0) is 12.2 Å². The monoisotopic (exact) mass is 409 g/mol. The predicted molar refractivity (Wildman–Crippen MR) is 98.0 cm³/mol. The molecule has 0 fully saturated rings. The molecule has 0 unspecified atom stereocenters. The summed E-state index contributed by atoms with van der Waals surface area (Å²) >= 11 is 0. The maximum Gasteiger partial charge on any atom is 0.508 e. The van der Waals surface area contributed by atoms with Crippen molar-refractivity contribution in [3.8, 4) is 0 Å². The van der Waals surface area contributed by atoms with E-state index >= 15 is 0 Å². The Morgan fingerprint density at radius 2 is 1.72 bits per heavy atom. The topological polar surface area (TPSA) is 128 Å². The number of hydrogen-bond acceptors (Lipinski definition) is 10. The van der Waals surface area contributed by atoms with E-state index in [1.807, 2.05) is 0 Å². The van der Waals surface area contributed by atoms with Gasteiger partial charge in [0.05, 0.1) is 58.5 Å². The van der Waals surface area contributed by atoms with E-state index in [1.165, 1.54) is 4.68 Å². The van der Waals surface area contributed by atoms with Crippen LogP contribution in [0.4, 0.5) is 4.79 Å². The summed E-state index contributed by atoms with van der Waals surface area (Å²) < 4.78 is 26.1. The van der Waals surface area contributed by atoms with Crippen LogP contribution in [0, 0.1) is 0 Å². The van der Waals surface area contributed by atoms with Crippen LogP contribution in [0.5, 0.6) is 0 Å². The summed E-state index contributed by atoms with van der Waals surface area (Å²) in [6, 6.07) is 0. The highest BCUT2D eigenvalue weighted by molar-refractivity contribution is 6.34. The number of allylic oxidation sites excluding steroid dienone is 3. The number of hydrogen-bond donors (Lipinski definition) is 0. The third-order valence-electron chi connectivity index (χ3n) is 3.76. The van der Waals surface area contributed by atoms with Crippen LogP contribution in [0.1, 0.15) is 5.69 Å². The van der Waals surface area contributed by atoms with Crippen LogP contribution < -0.4 is 0 Å². The molecule has 11 nitrogen and oxygen atoms in total. The summed E-state index contributed by atoms with van der Waals surface area (Å²) in [7, 11) is 2.75. The first kappa shape index (κ1) is 22.4. The lowest BCUT2D eigenvalue weighted by Crippen LogP contribution is -2.18. The van der Waals surface area contributed by atoms with Crippen LogP contribution in [0.2, 0.25) is 0 Å². The number of rotatable bonds is 12. The molecule has 29 heavy (non-hydrogen) atoms. The van der Waals surface area contributed by atoms with Gasteiger partial charge in [-0.3, -0.25) is 9.59 Å². The van der Waals surface area contributed by atoms with Crippen molar-refractivity contribution in [1.29, 1.82) is 0 Å². The van der Waals surface area contributed by atoms with Gasteiger partial charge in [0.25, 0.3) is 0 Å². The molecule has 1 aromatic rings. The summed E-state index contributed by atoms with van der Waals surface area (Å²) in [6.07, 6.45) is 2.89. The summed E-state index contributed by atoms with van der Waals surface area (Å²) in [5.74, 6) is -0.876. The standard InChI is InChI=1S/C18H23N3O8/c1-25-5-6-28-8-7-27-4-3-21-11-15(19-20-21)14-10-16(22)13(9-17(14)23)12-29-18(24)26-2/h9-11H,3-8,12H2,1-2H3. The summed E-state index contributed by atoms with van der Waals surface area (Å²) in [5.41, 5.74) is 0.448. The highest BCUT2D eigenvalue weighted by Gasteiger charge is 2.24. The van der Waals surface area contributed by atoms with Crippen LogP contribution in [0.15, 0.2) is 23.9 Å². The molecule has 1 aromatic heterocycles. The van der Waals surface area contributed by atoms with Crippen molar-refractivity contribution in [2.24, 2.45) is 0 Å². The molecule has 0 spiro atoms. The fraction of sp³-hybridized carbons (Fsp3) is 0.500. The van der Waals surface area contributed by atoms with Gasteiger partial charge in [-0.1, -0.05) is 5.21 Å². The van der Waals surface area contributed by atoms with Crippen molar-refractivity contribution in [3.63, 3.8) is 0 Å². The van der Waals surface area contributed by atoms with Gasteiger partial charge < -0.3 is 23.7 Å². The van der Waals surface area contributed by atoms with Crippen molar-refractivity contribution in [1.82, 2.24) is 15.0 Å². The van der Waals surface area contributed by atoms with E-state index in [1.54, 1.807) is 13.3 Å². The zero-order valence-corrected chi connectivity index (χ0v) is 16.3. The van der Waals surface area contributed by atoms with Crippen molar-refractivity contribution in [2.75, 3.05) is 53.9 Å². The van der Waals surface area contributed by atoms with Gasteiger partial charge in [0.2, 0.25) is 0 Å². The van der Waals surface area contributed by atoms with Crippen LogP contribution in [-0.2, 0) is 39.8 Å². The number of carbonyl (C=O) groups is 3. The van der Waals surface area contributed by atoms with Gasteiger partial charge in [0.15, 0.2) is 11.6 Å². The zero-order chi connectivity index (χ0) is 21.1. The van der Waals surface area contributed by atoms with E-state index in [-0.39, 0.29) is 23.4 Å². The molecule has 1 aliphatic rings. The molecular weight excluding hydrogens is 386 g/mol. The first-order valence-electron chi connectivity index (χ1n) is 8.81. The second-order valence-corrected chi connectivity index (χ2v) is 5.78. The molecule has 0 radical (unpaired) electrons. The molecule has 0 aromatic carbocycles. The summed E-state index contributed by atoms with van der Waals surface area (Å²) in [6.45, 7) is 2.41. The molecule has 1 heterocycles. The zero-order valence-electron chi connectivity index (χ0n) is 16.3. The normalized spacial score (nSPS) is 13.9. The number of aromatic nitrogens is 3. The maximum atomic E-state index is 12.3. The highest BCUT2D eigenvalue weighted by atomic mass is 16.7. The Hall–Kier alpha value is -2.89. The lowest BCUT2D eigenvalue weighted by molar-refractivity contribution is -0.114. The quantitative estimate of drug-likeness (QED) is 0.268. The minimum atomic E-state index is -0.937. The second-order valence-electron chi connectivity index (χ2n) is 5.78. The number of ether oxygens (including phenoxy) is 5. The Morgan fingerprint density at radius 1 is 1.00 bits per heavy atom. The van der Waals surface area contributed by atoms with Crippen LogP contribution >= 0.6 is 0 Å². The van der Waals surface area contributed by atoms with Crippen molar-refractivity contribution < 1.29 is 38.1 Å². The van der Waals surface area contributed by atoms with E-state index in [4.69, 9.17) is 18.9 Å². The Morgan fingerprint density at radius 3 is 2.45 bits per heavy atom. The third-order valence-corrected chi connectivity index (χ3v) is 3.76. The van der Waals surface area contributed by atoms with Gasteiger partial charge in [0, 0.05) is 12.7 Å². The predicted octanol–water partition coefficient (Wildman–Crippen LogP) is 0.202. The van der Waals surface area contributed by atoms with Gasteiger partial charge in [0.1, 0.15) is 12.3 Å². The Labute approximate surface area is 167 Å². The van der Waals surface area contributed by atoms with E-state index < -0.39 is 17.7 Å². The fourth-order valence-electron chi connectivity index (χ4n) is 2.26.